The third-order valence-corrected chi connectivity index (χ3v) is 3.15. The molecule has 2 N–H and O–H groups in total. The van der Waals surface area contributed by atoms with Gasteiger partial charge in [-0.3, -0.25) is 15.0 Å². The van der Waals surface area contributed by atoms with Crippen LogP contribution in [0.4, 0.5) is 5.69 Å². The van der Waals surface area contributed by atoms with Gasteiger partial charge in [0.25, 0.3) is 5.91 Å². The van der Waals surface area contributed by atoms with Gasteiger partial charge < -0.3 is 14.8 Å². The summed E-state index contributed by atoms with van der Waals surface area (Å²) < 4.78 is 9.84. The Labute approximate surface area is 133 Å². The highest BCUT2D eigenvalue weighted by molar-refractivity contribution is 6.37. The number of hydrogen-bond acceptors (Lipinski definition) is 6. The molecule has 8 heteroatoms. The Kier molecular flexibility index (Phi) is 6.07. The largest absolute Gasteiger partial charge is 0.459 e. The fourth-order valence-electron chi connectivity index (χ4n) is 2.04. The van der Waals surface area contributed by atoms with Gasteiger partial charge in [-0.05, 0) is 19.1 Å². The molecule has 23 heavy (non-hydrogen) atoms. The number of hydrazine groups is 1. The van der Waals surface area contributed by atoms with Gasteiger partial charge in [-0.25, -0.2) is 9.80 Å². The van der Waals surface area contributed by atoms with Crippen LogP contribution in [0.2, 0.25) is 0 Å². The fourth-order valence-corrected chi connectivity index (χ4v) is 2.04. The summed E-state index contributed by atoms with van der Waals surface area (Å²) in [5, 5.41) is 4.14. The van der Waals surface area contributed by atoms with Gasteiger partial charge in [0.2, 0.25) is 0 Å². The van der Waals surface area contributed by atoms with Crippen LogP contribution < -0.4 is 10.7 Å². The molecular formula is C15H19N3O5. The number of carbonyl (C=O) groups excluding carboxylic acids is 3. The van der Waals surface area contributed by atoms with Crippen molar-refractivity contribution in [1.82, 2.24) is 10.4 Å². The van der Waals surface area contributed by atoms with Crippen LogP contribution in [0.5, 0.6) is 0 Å². The van der Waals surface area contributed by atoms with Crippen molar-refractivity contribution in [3.05, 3.63) is 29.8 Å². The standard InChI is InChI=1S/C15H19N3O5/c1-2-23-15(21)14(20)16-12-6-4-3-5-11(12)13(19)17-18-7-9-22-10-8-18/h3-6H,2,7-10H2,1H3,(H,16,20)(H,17,19). The van der Waals surface area contributed by atoms with E-state index >= 15 is 0 Å². The zero-order valence-electron chi connectivity index (χ0n) is 12.8. The fraction of sp³-hybridized carbons (Fsp3) is 0.400. The van der Waals surface area contributed by atoms with Gasteiger partial charge >= 0.3 is 11.9 Å². The van der Waals surface area contributed by atoms with Crippen molar-refractivity contribution in [3.8, 4) is 0 Å². The molecule has 2 amide bonds. The van der Waals surface area contributed by atoms with Gasteiger partial charge in [0.15, 0.2) is 0 Å². The number of morpholine rings is 1. The molecule has 1 aliphatic heterocycles. The van der Waals surface area contributed by atoms with Gasteiger partial charge in [0, 0.05) is 13.1 Å². The molecule has 8 nitrogen and oxygen atoms in total. The van der Waals surface area contributed by atoms with Crippen LogP contribution in [0.3, 0.4) is 0 Å². The van der Waals surface area contributed by atoms with Crippen LogP contribution in [0.15, 0.2) is 24.3 Å². The third-order valence-electron chi connectivity index (χ3n) is 3.15. The molecule has 1 fully saturated rings. The summed E-state index contributed by atoms with van der Waals surface area (Å²) in [7, 11) is 0. The summed E-state index contributed by atoms with van der Waals surface area (Å²) in [6.07, 6.45) is 0. The first-order valence-corrected chi connectivity index (χ1v) is 7.32. The van der Waals surface area contributed by atoms with Gasteiger partial charge in [-0.15, -0.1) is 0 Å². The molecule has 2 rings (SSSR count). The molecule has 1 saturated heterocycles. The minimum Gasteiger partial charge on any atom is -0.459 e. The normalized spacial score (nSPS) is 14.8. The number of nitrogens with one attached hydrogen (secondary N) is 2. The van der Waals surface area contributed by atoms with Crippen molar-refractivity contribution in [2.24, 2.45) is 0 Å². The first-order valence-electron chi connectivity index (χ1n) is 7.32. The molecular weight excluding hydrogens is 302 g/mol. The summed E-state index contributed by atoms with van der Waals surface area (Å²) in [4.78, 5) is 35.5. The van der Waals surface area contributed by atoms with E-state index in [1.807, 2.05) is 0 Å². The van der Waals surface area contributed by atoms with Crippen molar-refractivity contribution in [2.45, 2.75) is 6.92 Å². The second kappa shape index (κ2) is 8.25. The second-order valence-corrected chi connectivity index (χ2v) is 4.76. The summed E-state index contributed by atoms with van der Waals surface area (Å²) in [6.45, 7) is 3.97. The predicted molar refractivity (Wildman–Crippen MR) is 81.6 cm³/mol. The van der Waals surface area contributed by atoms with Crippen LogP contribution in [0.1, 0.15) is 17.3 Å². The Bertz CT molecular complexity index is 584. The zero-order chi connectivity index (χ0) is 16.7. The molecule has 1 aromatic carbocycles. The average Bonchev–Trinajstić information content (AvgIpc) is 2.56. The van der Waals surface area contributed by atoms with Crippen molar-refractivity contribution in [3.63, 3.8) is 0 Å². The molecule has 0 saturated carbocycles. The molecule has 124 valence electrons. The molecule has 0 unspecified atom stereocenters. The Hall–Kier alpha value is -2.45. The van der Waals surface area contributed by atoms with E-state index < -0.39 is 11.9 Å². The molecule has 0 aromatic heterocycles. The van der Waals surface area contributed by atoms with E-state index in [0.717, 1.165) is 0 Å². The number of rotatable bonds is 4. The number of nitrogens with zero attached hydrogens (tertiary/aromatic N) is 1. The number of hydrogen-bond donors (Lipinski definition) is 2. The molecule has 1 aliphatic rings. The van der Waals surface area contributed by atoms with Crippen LogP contribution in [-0.2, 0) is 19.1 Å². The quantitative estimate of drug-likeness (QED) is 0.606. The molecule has 0 spiro atoms. The Balaban J connectivity index is 2.05. The molecule has 0 radical (unpaired) electrons. The molecule has 0 bridgehead atoms. The van der Waals surface area contributed by atoms with Crippen LogP contribution in [0.25, 0.3) is 0 Å². The van der Waals surface area contributed by atoms with Crippen molar-refractivity contribution in [1.29, 1.82) is 0 Å². The van der Waals surface area contributed by atoms with Gasteiger partial charge in [-0.1, -0.05) is 12.1 Å². The van der Waals surface area contributed by atoms with E-state index in [2.05, 4.69) is 15.5 Å². The van der Waals surface area contributed by atoms with E-state index in [1.54, 1.807) is 36.2 Å². The number of esters is 1. The predicted octanol–water partition coefficient (Wildman–Crippen LogP) is 0.165. The van der Waals surface area contributed by atoms with E-state index in [0.29, 0.717) is 26.3 Å². The highest BCUT2D eigenvalue weighted by atomic mass is 16.5. The lowest BCUT2D eigenvalue weighted by Gasteiger charge is -2.27. The first-order chi connectivity index (χ1) is 11.1. The van der Waals surface area contributed by atoms with Crippen molar-refractivity contribution < 1.29 is 23.9 Å². The highest BCUT2D eigenvalue weighted by Gasteiger charge is 2.20. The molecule has 0 atom stereocenters. The summed E-state index contributed by atoms with van der Waals surface area (Å²) in [5.74, 6) is -2.28. The summed E-state index contributed by atoms with van der Waals surface area (Å²) in [5.41, 5.74) is 3.26. The minimum atomic E-state index is -0.990. The van der Waals surface area contributed by atoms with Crippen LogP contribution in [-0.4, -0.2) is 55.7 Å². The monoisotopic (exact) mass is 321 g/mol. The maximum Gasteiger partial charge on any atom is 0.397 e. The minimum absolute atomic E-state index is 0.103. The summed E-state index contributed by atoms with van der Waals surface area (Å²) in [6, 6.07) is 6.45. The van der Waals surface area contributed by atoms with Crippen molar-refractivity contribution in [2.75, 3.05) is 38.2 Å². The number of amides is 2. The lowest BCUT2D eigenvalue weighted by Crippen LogP contribution is -2.48. The van der Waals surface area contributed by atoms with Gasteiger partial charge in [-0.2, -0.15) is 0 Å². The third kappa shape index (κ3) is 4.76. The molecule has 0 aliphatic carbocycles. The number of para-hydroxylation sites is 1. The molecule has 1 aromatic rings. The van der Waals surface area contributed by atoms with E-state index in [1.165, 1.54) is 0 Å². The van der Waals surface area contributed by atoms with Crippen LogP contribution in [0, 0.1) is 0 Å². The van der Waals surface area contributed by atoms with Crippen molar-refractivity contribution >= 4 is 23.5 Å². The lowest BCUT2D eigenvalue weighted by molar-refractivity contribution is -0.152. The highest BCUT2D eigenvalue weighted by Crippen LogP contribution is 2.15. The van der Waals surface area contributed by atoms with Crippen LogP contribution >= 0.6 is 0 Å². The maximum atomic E-state index is 12.3. The number of carbonyl (C=O) groups is 3. The number of benzene rings is 1. The van der Waals surface area contributed by atoms with Gasteiger partial charge in [0.05, 0.1) is 31.1 Å². The van der Waals surface area contributed by atoms with E-state index in [4.69, 9.17) is 4.74 Å². The maximum absolute atomic E-state index is 12.3. The topological polar surface area (TPSA) is 97.0 Å². The number of anilines is 1. The van der Waals surface area contributed by atoms with E-state index in [9.17, 15) is 14.4 Å². The Morgan fingerprint density at radius 2 is 1.91 bits per heavy atom. The first kappa shape index (κ1) is 16.9. The van der Waals surface area contributed by atoms with Gasteiger partial charge in [0.1, 0.15) is 0 Å². The second-order valence-electron chi connectivity index (χ2n) is 4.76. The number of ether oxygens (including phenoxy) is 2. The summed E-state index contributed by atoms with van der Waals surface area (Å²) >= 11 is 0. The molecule has 1 heterocycles. The Morgan fingerprint density at radius 1 is 1.22 bits per heavy atom. The smallest absolute Gasteiger partial charge is 0.397 e. The lowest BCUT2D eigenvalue weighted by atomic mass is 10.1. The Morgan fingerprint density at radius 3 is 2.61 bits per heavy atom. The zero-order valence-corrected chi connectivity index (χ0v) is 12.8. The SMILES string of the molecule is CCOC(=O)C(=O)Nc1ccccc1C(=O)NN1CCOCC1. The van der Waals surface area contributed by atoms with E-state index in [-0.39, 0.29) is 23.8 Å². The average molecular weight is 321 g/mol.